The normalized spacial score (nSPS) is 9.69. The first-order valence-electron chi connectivity index (χ1n) is 3.19. The summed E-state index contributed by atoms with van der Waals surface area (Å²) >= 11 is 0. The molecule has 0 bridgehead atoms. The molecule has 0 aliphatic carbocycles. The molecule has 3 nitrogen and oxygen atoms in total. The summed E-state index contributed by atoms with van der Waals surface area (Å²) in [6.45, 7) is -3.67. The van der Waals surface area contributed by atoms with Gasteiger partial charge in [0.05, 0.1) is 0 Å². The van der Waals surface area contributed by atoms with Crippen LogP contribution in [-0.4, -0.2) is 45.7 Å². The van der Waals surface area contributed by atoms with Crippen LogP contribution in [0.25, 0.3) is 0 Å². The van der Waals surface area contributed by atoms with Crippen molar-refractivity contribution in [2.45, 2.75) is 6.68 Å². The van der Waals surface area contributed by atoms with Gasteiger partial charge in [0.25, 0.3) is 0 Å². The Labute approximate surface area is 83.5 Å². The molecule has 0 aliphatic rings. The molecular formula is C6H16F3N3S. The number of nitrogens with one attached hydrogen (secondary N) is 1. The van der Waals surface area contributed by atoms with Crippen molar-refractivity contribution >= 4 is 19.5 Å². The third kappa shape index (κ3) is 18.4. The first kappa shape index (κ1) is 18.2. The highest BCUT2D eigenvalue weighted by Crippen LogP contribution is 1.87. The van der Waals surface area contributed by atoms with Crippen LogP contribution < -0.4 is 5.32 Å². The lowest BCUT2D eigenvalue weighted by atomic mass is 10.8. The third-order valence-electron chi connectivity index (χ3n) is 0.859. The second-order valence-corrected chi connectivity index (χ2v) is 1.94. The van der Waals surface area contributed by atoms with Crippen LogP contribution in [-0.2, 0) is 0 Å². The minimum Gasteiger partial charge on any atom is -0.359 e. The molecule has 0 unspecified atom stereocenters. The number of nitrogens with zero attached hydrogens (tertiary/aromatic N) is 2. The summed E-state index contributed by atoms with van der Waals surface area (Å²) in [7, 11) is 7.49. The van der Waals surface area contributed by atoms with Crippen molar-refractivity contribution in [1.29, 1.82) is 0 Å². The Bertz CT molecular complexity index is 128. The zero-order valence-electron chi connectivity index (χ0n) is 8.11. The molecule has 0 fully saturated rings. The van der Waals surface area contributed by atoms with E-state index in [1.165, 1.54) is 0 Å². The topological polar surface area (TPSA) is 27.6 Å². The van der Waals surface area contributed by atoms with Gasteiger partial charge in [0.1, 0.15) is 0 Å². The van der Waals surface area contributed by atoms with E-state index in [0.29, 0.717) is 0 Å². The minimum absolute atomic E-state index is 0. The van der Waals surface area contributed by atoms with Crippen LogP contribution in [0.5, 0.6) is 0 Å². The Morgan fingerprint density at radius 3 is 1.62 bits per heavy atom. The molecule has 0 saturated heterocycles. The van der Waals surface area contributed by atoms with Gasteiger partial charge < -0.3 is 10.2 Å². The molecule has 13 heavy (non-hydrogen) atoms. The maximum absolute atomic E-state index is 9.67. The molecule has 0 amide bonds. The summed E-state index contributed by atoms with van der Waals surface area (Å²) in [6.07, 6.45) is 0. The van der Waals surface area contributed by atoms with Gasteiger partial charge in [-0.05, 0) is 0 Å². The Balaban J connectivity index is -0.000000173. The molecule has 0 atom stereocenters. The first-order chi connectivity index (χ1) is 5.45. The van der Waals surface area contributed by atoms with Crippen molar-refractivity contribution in [3.8, 4) is 0 Å². The highest BCUT2D eigenvalue weighted by molar-refractivity contribution is 7.59. The zero-order chi connectivity index (χ0) is 10.1. The summed E-state index contributed by atoms with van der Waals surface area (Å²) in [6, 6.07) is 0. The van der Waals surface area contributed by atoms with Crippen molar-refractivity contribution < 1.29 is 13.2 Å². The van der Waals surface area contributed by atoms with Crippen molar-refractivity contribution in [1.82, 2.24) is 10.2 Å². The van der Waals surface area contributed by atoms with Gasteiger partial charge in [-0.1, -0.05) is 0 Å². The van der Waals surface area contributed by atoms with Crippen molar-refractivity contribution in [3.63, 3.8) is 0 Å². The quantitative estimate of drug-likeness (QED) is 0.487. The average molecular weight is 219 g/mol. The van der Waals surface area contributed by atoms with E-state index < -0.39 is 6.68 Å². The van der Waals surface area contributed by atoms with Gasteiger partial charge in [-0.15, -0.1) is 0 Å². The summed E-state index contributed by atoms with van der Waals surface area (Å²) in [5, 5.41) is 2.93. The van der Waals surface area contributed by atoms with E-state index in [-0.39, 0.29) is 13.5 Å². The SMILES string of the molecule is CN=C(NC)N(C)C.FC(F)F.S. The van der Waals surface area contributed by atoms with Crippen molar-refractivity contribution in [2.24, 2.45) is 4.99 Å². The van der Waals surface area contributed by atoms with Crippen LogP contribution in [0.4, 0.5) is 13.2 Å². The summed E-state index contributed by atoms with van der Waals surface area (Å²) in [5.41, 5.74) is 0. The number of hydrogen-bond acceptors (Lipinski definition) is 1. The lowest BCUT2D eigenvalue weighted by Crippen LogP contribution is -2.33. The fourth-order valence-electron chi connectivity index (χ4n) is 0.535. The van der Waals surface area contributed by atoms with Gasteiger partial charge in [0, 0.05) is 28.2 Å². The summed E-state index contributed by atoms with van der Waals surface area (Å²) in [4.78, 5) is 5.85. The van der Waals surface area contributed by atoms with E-state index in [9.17, 15) is 13.2 Å². The second-order valence-electron chi connectivity index (χ2n) is 1.94. The van der Waals surface area contributed by atoms with Crippen LogP contribution in [0.3, 0.4) is 0 Å². The molecule has 0 radical (unpaired) electrons. The predicted octanol–water partition coefficient (Wildman–Crippen LogP) is 1.04. The van der Waals surface area contributed by atoms with Crippen LogP contribution in [0.2, 0.25) is 0 Å². The van der Waals surface area contributed by atoms with E-state index in [1.807, 2.05) is 26.0 Å². The molecule has 0 spiro atoms. The molecule has 82 valence electrons. The van der Waals surface area contributed by atoms with Crippen LogP contribution >= 0.6 is 13.5 Å². The monoisotopic (exact) mass is 219 g/mol. The zero-order valence-corrected chi connectivity index (χ0v) is 9.11. The Morgan fingerprint density at radius 1 is 1.31 bits per heavy atom. The average Bonchev–Trinajstić information content (AvgIpc) is 1.87. The van der Waals surface area contributed by atoms with E-state index in [4.69, 9.17) is 0 Å². The molecule has 0 heterocycles. The molecule has 0 aromatic heterocycles. The number of halogens is 3. The highest BCUT2D eigenvalue weighted by atomic mass is 32.1. The molecule has 0 aliphatic heterocycles. The minimum atomic E-state index is -3.67. The third-order valence-corrected chi connectivity index (χ3v) is 0.859. The molecule has 0 saturated carbocycles. The fraction of sp³-hybridized carbons (Fsp3) is 0.833. The van der Waals surface area contributed by atoms with Gasteiger partial charge in [-0.3, -0.25) is 4.99 Å². The lowest BCUT2D eigenvalue weighted by Gasteiger charge is -2.12. The van der Waals surface area contributed by atoms with E-state index in [1.54, 1.807) is 7.05 Å². The fourth-order valence-corrected chi connectivity index (χ4v) is 0.535. The van der Waals surface area contributed by atoms with Gasteiger partial charge in [-0.25, -0.2) is 0 Å². The molecular weight excluding hydrogens is 203 g/mol. The van der Waals surface area contributed by atoms with Crippen molar-refractivity contribution in [3.05, 3.63) is 0 Å². The Kier molecular flexibility index (Phi) is 16.0. The van der Waals surface area contributed by atoms with E-state index in [2.05, 4.69) is 10.3 Å². The summed E-state index contributed by atoms with van der Waals surface area (Å²) in [5.74, 6) is 0.894. The predicted molar refractivity (Wildman–Crippen MR) is 53.6 cm³/mol. The van der Waals surface area contributed by atoms with Gasteiger partial charge >= 0.3 is 6.68 Å². The highest BCUT2D eigenvalue weighted by Gasteiger charge is 1.91. The molecule has 0 rings (SSSR count). The maximum atomic E-state index is 9.67. The standard InChI is InChI=1S/C5H13N3.CHF3.H2S/c1-6-5(7-2)8(3)4;2-1(3)4;/h1-4H3,(H,6,7);1H;1H2. The molecule has 1 N–H and O–H groups in total. The van der Waals surface area contributed by atoms with Crippen LogP contribution in [0, 0.1) is 0 Å². The number of guanidine groups is 1. The van der Waals surface area contributed by atoms with Gasteiger partial charge in [0.2, 0.25) is 0 Å². The maximum Gasteiger partial charge on any atom is 0.379 e. The molecule has 0 aromatic rings. The summed E-state index contributed by atoms with van der Waals surface area (Å²) < 4.78 is 29.0. The smallest absolute Gasteiger partial charge is 0.359 e. The van der Waals surface area contributed by atoms with Crippen LogP contribution in [0.1, 0.15) is 0 Å². The second kappa shape index (κ2) is 11.4. The first-order valence-corrected chi connectivity index (χ1v) is 3.19. The van der Waals surface area contributed by atoms with E-state index in [0.717, 1.165) is 5.96 Å². The molecule has 0 aromatic carbocycles. The van der Waals surface area contributed by atoms with Gasteiger partial charge in [0.15, 0.2) is 5.96 Å². The van der Waals surface area contributed by atoms with E-state index >= 15 is 0 Å². The number of rotatable bonds is 0. The Hall–Kier alpha value is -0.590. The molecule has 7 heteroatoms. The number of alkyl halides is 3. The number of aliphatic imine (C=N–C) groups is 1. The lowest BCUT2D eigenvalue weighted by molar-refractivity contribution is 0.00819. The van der Waals surface area contributed by atoms with Crippen LogP contribution in [0.15, 0.2) is 4.99 Å². The Morgan fingerprint density at radius 2 is 1.62 bits per heavy atom. The van der Waals surface area contributed by atoms with Crippen molar-refractivity contribution in [2.75, 3.05) is 28.2 Å². The largest absolute Gasteiger partial charge is 0.379 e. The van der Waals surface area contributed by atoms with Gasteiger partial charge in [-0.2, -0.15) is 26.7 Å². The number of hydrogen-bond donors (Lipinski definition) is 1.